The molecule has 144 valence electrons. The fourth-order valence-electron chi connectivity index (χ4n) is 3.10. The highest BCUT2D eigenvalue weighted by Crippen LogP contribution is 2.37. The number of amides is 1. The van der Waals surface area contributed by atoms with Crippen molar-refractivity contribution in [3.63, 3.8) is 0 Å². The predicted octanol–water partition coefficient (Wildman–Crippen LogP) is 4.31. The lowest BCUT2D eigenvalue weighted by Gasteiger charge is -2.26. The van der Waals surface area contributed by atoms with Crippen LogP contribution in [0.15, 0.2) is 35.7 Å². The molecule has 0 unspecified atom stereocenters. The molecule has 0 spiro atoms. The second-order valence-corrected chi connectivity index (χ2v) is 7.72. The maximum Gasteiger partial charge on any atom is 0.410 e. The maximum absolute atomic E-state index is 12.0. The molecule has 7 nitrogen and oxygen atoms in total. The number of carbonyl (C=O) groups is 1. The van der Waals surface area contributed by atoms with E-state index in [-0.39, 0.29) is 6.09 Å². The Balaban J connectivity index is 1.57. The topological polar surface area (TPSA) is 79.7 Å². The number of hydrogen-bond donors (Lipinski definition) is 1. The number of aromatic nitrogens is 2. The van der Waals surface area contributed by atoms with Crippen LogP contribution < -0.4 is 5.43 Å². The monoisotopic (exact) mass is 415 g/mol. The Morgan fingerprint density at radius 1 is 1.39 bits per heavy atom. The fraction of sp³-hybridized carbons (Fsp3) is 0.263. The summed E-state index contributed by atoms with van der Waals surface area (Å²) in [5.74, 6) is 0.664. The zero-order valence-electron chi connectivity index (χ0n) is 15.2. The quantitative estimate of drug-likeness (QED) is 0.507. The zero-order valence-corrected chi connectivity index (χ0v) is 16.8. The van der Waals surface area contributed by atoms with E-state index in [1.807, 2.05) is 31.2 Å². The lowest BCUT2D eigenvalue weighted by Crippen LogP contribution is -2.35. The average molecular weight is 416 g/mol. The van der Waals surface area contributed by atoms with Crippen LogP contribution in [0.5, 0.6) is 0 Å². The van der Waals surface area contributed by atoms with E-state index in [1.54, 1.807) is 22.5 Å². The van der Waals surface area contributed by atoms with Crippen LogP contribution in [0.3, 0.4) is 0 Å². The standard InChI is InChI=1S/C19H18ClN5O2S/c1-2-27-19(26)25-8-7-14-15(10-25)28-18-16(14)17(21-11-22-18)24-23-9-12-3-5-13(20)6-4-12/h3-6,9,11H,2,7-8,10H2,1H3,(H,21,22,24)/b23-9+. The normalized spacial score (nSPS) is 13.7. The van der Waals surface area contributed by atoms with Crippen LogP contribution in [-0.4, -0.2) is 40.3 Å². The Morgan fingerprint density at radius 3 is 3.00 bits per heavy atom. The van der Waals surface area contributed by atoms with Gasteiger partial charge in [-0.05, 0) is 36.6 Å². The van der Waals surface area contributed by atoms with E-state index in [1.165, 1.54) is 11.9 Å². The predicted molar refractivity (Wildman–Crippen MR) is 111 cm³/mol. The van der Waals surface area contributed by atoms with Crippen LogP contribution in [-0.2, 0) is 17.7 Å². The second kappa shape index (κ2) is 8.12. The van der Waals surface area contributed by atoms with E-state index < -0.39 is 0 Å². The van der Waals surface area contributed by atoms with Crippen molar-refractivity contribution in [2.45, 2.75) is 19.9 Å². The molecular formula is C19H18ClN5O2S. The number of fused-ring (bicyclic) bond motifs is 3. The molecule has 1 aromatic carbocycles. The van der Waals surface area contributed by atoms with Gasteiger partial charge in [-0.15, -0.1) is 11.3 Å². The van der Waals surface area contributed by atoms with Crippen LogP contribution in [0.1, 0.15) is 22.9 Å². The van der Waals surface area contributed by atoms with Crippen molar-refractivity contribution < 1.29 is 9.53 Å². The summed E-state index contributed by atoms with van der Waals surface area (Å²) >= 11 is 7.48. The smallest absolute Gasteiger partial charge is 0.410 e. The van der Waals surface area contributed by atoms with Crippen molar-refractivity contribution in [2.24, 2.45) is 5.10 Å². The van der Waals surface area contributed by atoms with Gasteiger partial charge in [0.1, 0.15) is 11.2 Å². The Bertz CT molecular complexity index is 1030. The summed E-state index contributed by atoms with van der Waals surface area (Å²) in [4.78, 5) is 24.5. The van der Waals surface area contributed by atoms with Crippen molar-refractivity contribution in [3.05, 3.63) is 51.6 Å². The minimum Gasteiger partial charge on any atom is -0.450 e. The number of carbonyl (C=O) groups excluding carboxylic acids is 1. The first-order chi connectivity index (χ1) is 13.7. The molecule has 0 bridgehead atoms. The van der Waals surface area contributed by atoms with Gasteiger partial charge in [0, 0.05) is 16.4 Å². The number of thiophene rings is 1. The molecule has 0 radical (unpaired) electrons. The third kappa shape index (κ3) is 3.79. The molecule has 2 aromatic heterocycles. The highest BCUT2D eigenvalue weighted by atomic mass is 35.5. The highest BCUT2D eigenvalue weighted by Gasteiger charge is 2.26. The summed E-state index contributed by atoms with van der Waals surface area (Å²) in [6.45, 7) is 3.33. The van der Waals surface area contributed by atoms with Crippen molar-refractivity contribution in [3.8, 4) is 0 Å². The largest absolute Gasteiger partial charge is 0.450 e. The number of rotatable bonds is 4. The third-order valence-electron chi connectivity index (χ3n) is 4.42. The lowest BCUT2D eigenvalue weighted by molar-refractivity contribution is 0.103. The first-order valence-corrected chi connectivity index (χ1v) is 10.1. The number of benzene rings is 1. The Hall–Kier alpha value is -2.71. The van der Waals surface area contributed by atoms with E-state index in [4.69, 9.17) is 16.3 Å². The Morgan fingerprint density at radius 2 is 2.21 bits per heavy atom. The first kappa shape index (κ1) is 18.6. The van der Waals surface area contributed by atoms with E-state index >= 15 is 0 Å². The van der Waals surface area contributed by atoms with Gasteiger partial charge in [-0.3, -0.25) is 5.43 Å². The summed E-state index contributed by atoms with van der Waals surface area (Å²) in [7, 11) is 0. The summed E-state index contributed by atoms with van der Waals surface area (Å²) < 4.78 is 5.12. The molecule has 0 aliphatic carbocycles. The first-order valence-electron chi connectivity index (χ1n) is 8.87. The van der Waals surface area contributed by atoms with E-state index in [0.29, 0.717) is 30.5 Å². The minimum atomic E-state index is -0.275. The van der Waals surface area contributed by atoms with Crippen LogP contribution in [0.25, 0.3) is 10.2 Å². The van der Waals surface area contributed by atoms with Gasteiger partial charge < -0.3 is 9.64 Å². The molecule has 0 saturated carbocycles. The Kier molecular flexibility index (Phi) is 5.40. The maximum atomic E-state index is 12.0. The number of hydrazone groups is 1. The van der Waals surface area contributed by atoms with E-state index in [0.717, 1.165) is 27.1 Å². The number of hydrogen-bond acceptors (Lipinski definition) is 7. The molecule has 1 amide bonds. The van der Waals surface area contributed by atoms with E-state index in [9.17, 15) is 4.79 Å². The SMILES string of the molecule is CCOC(=O)N1CCc2c(sc3ncnc(N/N=C/c4ccc(Cl)cc4)c23)C1. The molecule has 3 aromatic rings. The van der Waals surface area contributed by atoms with Gasteiger partial charge >= 0.3 is 6.09 Å². The van der Waals surface area contributed by atoms with Gasteiger partial charge in [-0.1, -0.05) is 23.7 Å². The molecular weight excluding hydrogens is 398 g/mol. The van der Waals surface area contributed by atoms with Crippen molar-refractivity contribution in [2.75, 3.05) is 18.6 Å². The number of halogens is 1. The van der Waals surface area contributed by atoms with Gasteiger partial charge in [-0.25, -0.2) is 14.8 Å². The van der Waals surface area contributed by atoms with E-state index in [2.05, 4.69) is 20.5 Å². The summed E-state index contributed by atoms with van der Waals surface area (Å²) in [6, 6.07) is 7.41. The van der Waals surface area contributed by atoms with Crippen LogP contribution in [0, 0.1) is 0 Å². The fourth-order valence-corrected chi connectivity index (χ4v) is 4.43. The molecule has 3 heterocycles. The van der Waals surface area contributed by atoms with Crippen molar-refractivity contribution in [1.82, 2.24) is 14.9 Å². The van der Waals surface area contributed by atoms with Crippen LogP contribution >= 0.6 is 22.9 Å². The average Bonchev–Trinajstić information content (AvgIpc) is 3.08. The molecule has 0 saturated heterocycles. The molecule has 28 heavy (non-hydrogen) atoms. The Labute approximate surface area is 171 Å². The second-order valence-electron chi connectivity index (χ2n) is 6.20. The summed E-state index contributed by atoms with van der Waals surface area (Å²) in [5.41, 5.74) is 5.13. The molecule has 1 N–H and O–H groups in total. The van der Waals surface area contributed by atoms with Gasteiger partial charge in [0.05, 0.1) is 24.8 Å². The summed E-state index contributed by atoms with van der Waals surface area (Å²) in [6.07, 6.45) is 3.69. The molecule has 4 rings (SSSR count). The molecule has 0 atom stereocenters. The number of ether oxygens (including phenoxy) is 1. The molecule has 0 fully saturated rings. The van der Waals surface area contributed by atoms with Crippen LogP contribution in [0.2, 0.25) is 5.02 Å². The molecule has 1 aliphatic heterocycles. The summed E-state index contributed by atoms with van der Waals surface area (Å²) in [5, 5.41) is 5.96. The third-order valence-corrected chi connectivity index (χ3v) is 5.79. The highest BCUT2D eigenvalue weighted by molar-refractivity contribution is 7.19. The van der Waals surface area contributed by atoms with Gasteiger partial charge in [-0.2, -0.15) is 5.10 Å². The minimum absolute atomic E-state index is 0.275. The zero-order chi connectivity index (χ0) is 19.5. The van der Waals surface area contributed by atoms with Gasteiger partial charge in [0.15, 0.2) is 5.82 Å². The number of anilines is 1. The lowest BCUT2D eigenvalue weighted by atomic mass is 10.1. The van der Waals surface area contributed by atoms with Crippen molar-refractivity contribution >= 4 is 51.3 Å². The molecule has 9 heteroatoms. The van der Waals surface area contributed by atoms with Crippen molar-refractivity contribution in [1.29, 1.82) is 0 Å². The van der Waals surface area contributed by atoms with Gasteiger partial charge in [0.2, 0.25) is 0 Å². The van der Waals surface area contributed by atoms with Crippen LogP contribution in [0.4, 0.5) is 10.6 Å². The number of nitrogens with one attached hydrogen (secondary N) is 1. The number of nitrogens with zero attached hydrogens (tertiary/aromatic N) is 4. The molecule has 1 aliphatic rings. The van der Waals surface area contributed by atoms with Gasteiger partial charge in [0.25, 0.3) is 0 Å².